The van der Waals surface area contributed by atoms with Gasteiger partial charge in [-0.15, -0.1) is 11.3 Å². The number of nitrogen functional groups attached to an aromatic ring is 1. The molecule has 2 N–H and O–H groups in total. The highest BCUT2D eigenvalue weighted by Crippen LogP contribution is 2.21. The van der Waals surface area contributed by atoms with Crippen LogP contribution < -0.4 is 5.73 Å². The van der Waals surface area contributed by atoms with Crippen molar-refractivity contribution in [3.05, 3.63) is 51.7 Å². The first-order valence-electron chi connectivity index (χ1n) is 5.79. The highest BCUT2D eigenvalue weighted by molar-refractivity contribution is 7.16. The molecular weight excluding hydrogens is 262 g/mol. The van der Waals surface area contributed by atoms with Crippen molar-refractivity contribution in [3.8, 4) is 0 Å². The van der Waals surface area contributed by atoms with Crippen molar-refractivity contribution in [2.45, 2.75) is 6.92 Å². The fourth-order valence-electron chi connectivity index (χ4n) is 1.55. The Hall–Kier alpha value is -2.14. The van der Waals surface area contributed by atoms with Crippen LogP contribution in [0.3, 0.4) is 0 Å². The Morgan fingerprint density at radius 2 is 1.74 bits per heavy atom. The molecule has 2 rings (SSSR count). The summed E-state index contributed by atoms with van der Waals surface area (Å²) in [7, 11) is 0. The second kappa shape index (κ2) is 5.67. The van der Waals surface area contributed by atoms with Crippen molar-refractivity contribution < 1.29 is 14.3 Å². The van der Waals surface area contributed by atoms with Gasteiger partial charge in [0.05, 0.1) is 11.5 Å². The van der Waals surface area contributed by atoms with Gasteiger partial charge in [0.1, 0.15) is 4.88 Å². The standard InChI is InChI=1S/C14H13NO3S/c1-2-18-14(17)12-8-7-11(19-12)13(16)9-3-5-10(15)6-4-9/h3-8H,2,15H2,1H3. The normalized spacial score (nSPS) is 10.2. The fourth-order valence-corrected chi connectivity index (χ4v) is 2.41. The number of ether oxygens (including phenoxy) is 1. The third-order valence-corrected chi connectivity index (χ3v) is 3.54. The summed E-state index contributed by atoms with van der Waals surface area (Å²) in [5, 5.41) is 0. The first-order valence-corrected chi connectivity index (χ1v) is 6.60. The number of ketones is 1. The first kappa shape index (κ1) is 13.3. The van der Waals surface area contributed by atoms with Crippen molar-refractivity contribution in [2.24, 2.45) is 0 Å². The smallest absolute Gasteiger partial charge is 0.348 e. The molecule has 98 valence electrons. The summed E-state index contributed by atoms with van der Waals surface area (Å²) in [6, 6.07) is 9.92. The van der Waals surface area contributed by atoms with Gasteiger partial charge >= 0.3 is 5.97 Å². The summed E-state index contributed by atoms with van der Waals surface area (Å²) >= 11 is 1.13. The van der Waals surface area contributed by atoms with E-state index in [2.05, 4.69) is 0 Å². The first-order chi connectivity index (χ1) is 9.11. The van der Waals surface area contributed by atoms with Crippen LogP contribution in [0.25, 0.3) is 0 Å². The minimum absolute atomic E-state index is 0.124. The number of hydrogen-bond acceptors (Lipinski definition) is 5. The van der Waals surface area contributed by atoms with Gasteiger partial charge in [0.25, 0.3) is 0 Å². The number of thiophene rings is 1. The minimum atomic E-state index is -0.399. The third kappa shape index (κ3) is 3.00. The van der Waals surface area contributed by atoms with E-state index in [-0.39, 0.29) is 5.78 Å². The molecule has 0 bridgehead atoms. The van der Waals surface area contributed by atoms with Crippen LogP contribution in [-0.4, -0.2) is 18.4 Å². The number of benzene rings is 1. The van der Waals surface area contributed by atoms with Crippen LogP contribution in [0, 0.1) is 0 Å². The number of nitrogens with two attached hydrogens (primary N) is 1. The zero-order chi connectivity index (χ0) is 13.8. The molecule has 0 atom stereocenters. The molecule has 0 radical (unpaired) electrons. The van der Waals surface area contributed by atoms with Crippen LogP contribution in [-0.2, 0) is 4.74 Å². The largest absolute Gasteiger partial charge is 0.462 e. The van der Waals surface area contributed by atoms with Gasteiger partial charge < -0.3 is 10.5 Å². The van der Waals surface area contributed by atoms with Crippen molar-refractivity contribution in [3.63, 3.8) is 0 Å². The summed E-state index contributed by atoms with van der Waals surface area (Å²) < 4.78 is 4.89. The quantitative estimate of drug-likeness (QED) is 0.529. The zero-order valence-electron chi connectivity index (χ0n) is 10.4. The Balaban J connectivity index is 2.20. The van der Waals surface area contributed by atoms with Crippen molar-refractivity contribution in [1.82, 2.24) is 0 Å². The minimum Gasteiger partial charge on any atom is -0.462 e. The van der Waals surface area contributed by atoms with Gasteiger partial charge in [-0.1, -0.05) is 0 Å². The van der Waals surface area contributed by atoms with Gasteiger partial charge in [-0.2, -0.15) is 0 Å². The molecule has 0 aliphatic heterocycles. The zero-order valence-corrected chi connectivity index (χ0v) is 11.2. The lowest BCUT2D eigenvalue weighted by atomic mass is 10.1. The average Bonchev–Trinajstić information content (AvgIpc) is 2.89. The molecule has 0 aliphatic rings. The molecule has 1 aromatic carbocycles. The predicted octanol–water partition coefficient (Wildman–Crippen LogP) is 2.74. The van der Waals surface area contributed by atoms with E-state index >= 15 is 0 Å². The fraction of sp³-hybridized carbons (Fsp3) is 0.143. The Morgan fingerprint density at radius 3 is 2.37 bits per heavy atom. The molecule has 2 aromatic rings. The van der Waals surface area contributed by atoms with Crippen LogP contribution in [0.1, 0.15) is 31.8 Å². The van der Waals surface area contributed by atoms with Gasteiger partial charge in [-0.3, -0.25) is 4.79 Å². The third-order valence-electron chi connectivity index (χ3n) is 2.48. The maximum absolute atomic E-state index is 12.2. The van der Waals surface area contributed by atoms with E-state index < -0.39 is 5.97 Å². The summed E-state index contributed by atoms with van der Waals surface area (Å²) in [5.74, 6) is -0.524. The molecule has 0 fully saturated rings. The maximum atomic E-state index is 12.2. The molecule has 5 heteroatoms. The van der Waals surface area contributed by atoms with Crippen LogP contribution >= 0.6 is 11.3 Å². The van der Waals surface area contributed by atoms with Crippen molar-refractivity contribution in [1.29, 1.82) is 0 Å². The Bertz CT molecular complexity index is 601. The number of esters is 1. The molecule has 0 amide bonds. The number of hydrogen-bond donors (Lipinski definition) is 1. The van der Waals surface area contributed by atoms with E-state index in [0.29, 0.717) is 27.6 Å². The number of anilines is 1. The molecule has 0 saturated heterocycles. The van der Waals surface area contributed by atoms with E-state index in [4.69, 9.17) is 10.5 Å². The topological polar surface area (TPSA) is 69.4 Å². The molecule has 0 saturated carbocycles. The van der Waals surface area contributed by atoms with E-state index in [0.717, 1.165) is 11.3 Å². The SMILES string of the molecule is CCOC(=O)c1ccc(C(=O)c2ccc(N)cc2)s1. The summed E-state index contributed by atoms with van der Waals surface area (Å²) in [6.45, 7) is 2.06. The van der Waals surface area contributed by atoms with Gasteiger partial charge in [-0.25, -0.2) is 4.79 Å². The lowest BCUT2D eigenvalue weighted by molar-refractivity contribution is 0.0532. The summed E-state index contributed by atoms with van der Waals surface area (Å²) in [6.07, 6.45) is 0. The van der Waals surface area contributed by atoms with E-state index in [1.165, 1.54) is 0 Å². The van der Waals surface area contributed by atoms with Crippen LogP contribution in [0.5, 0.6) is 0 Å². The van der Waals surface area contributed by atoms with Crippen molar-refractivity contribution >= 4 is 28.8 Å². The molecule has 0 aliphatic carbocycles. The monoisotopic (exact) mass is 275 g/mol. The Kier molecular flexibility index (Phi) is 3.97. The second-order valence-corrected chi connectivity index (χ2v) is 4.92. The van der Waals surface area contributed by atoms with Gasteiger partial charge in [0.2, 0.25) is 5.78 Å². The lowest BCUT2D eigenvalue weighted by Crippen LogP contribution is -2.02. The highest BCUT2D eigenvalue weighted by atomic mass is 32.1. The average molecular weight is 275 g/mol. The molecule has 1 aromatic heterocycles. The molecular formula is C14H13NO3S. The molecule has 4 nitrogen and oxygen atoms in total. The molecule has 0 unspecified atom stereocenters. The van der Waals surface area contributed by atoms with E-state index in [9.17, 15) is 9.59 Å². The van der Waals surface area contributed by atoms with Crippen LogP contribution in [0.15, 0.2) is 36.4 Å². The predicted molar refractivity (Wildman–Crippen MR) is 74.6 cm³/mol. The Labute approximate surface area is 114 Å². The molecule has 1 heterocycles. The number of rotatable bonds is 4. The van der Waals surface area contributed by atoms with Crippen LogP contribution in [0.4, 0.5) is 5.69 Å². The lowest BCUT2D eigenvalue weighted by Gasteiger charge is -1.99. The van der Waals surface area contributed by atoms with E-state index in [1.807, 2.05) is 0 Å². The summed E-state index contributed by atoms with van der Waals surface area (Å²) in [5.41, 5.74) is 6.73. The highest BCUT2D eigenvalue weighted by Gasteiger charge is 2.15. The number of carbonyl (C=O) groups excluding carboxylic acids is 2. The summed E-state index contributed by atoms with van der Waals surface area (Å²) in [4.78, 5) is 24.6. The van der Waals surface area contributed by atoms with Crippen molar-refractivity contribution in [2.75, 3.05) is 12.3 Å². The van der Waals surface area contributed by atoms with Gasteiger partial charge in [0, 0.05) is 11.3 Å². The number of carbonyl (C=O) groups is 2. The van der Waals surface area contributed by atoms with Gasteiger partial charge in [-0.05, 0) is 43.3 Å². The second-order valence-electron chi connectivity index (χ2n) is 3.84. The van der Waals surface area contributed by atoms with E-state index in [1.54, 1.807) is 43.3 Å². The molecule has 19 heavy (non-hydrogen) atoms. The van der Waals surface area contributed by atoms with Gasteiger partial charge in [0.15, 0.2) is 0 Å². The molecule has 0 spiro atoms. The van der Waals surface area contributed by atoms with Crippen LogP contribution in [0.2, 0.25) is 0 Å². The Morgan fingerprint density at radius 1 is 1.11 bits per heavy atom. The maximum Gasteiger partial charge on any atom is 0.348 e.